The van der Waals surface area contributed by atoms with Gasteiger partial charge >= 0.3 is 5.69 Å². The SMILES string of the molecule is CCC(C)N1CCc2cc(OC)c([N+](=O)[O-])cc2C1. The third-order valence-electron chi connectivity index (χ3n) is 3.95. The molecule has 19 heavy (non-hydrogen) atoms. The van der Waals surface area contributed by atoms with E-state index in [1.165, 1.54) is 12.7 Å². The average Bonchev–Trinajstić information content (AvgIpc) is 2.44. The molecule has 1 aromatic rings. The highest BCUT2D eigenvalue weighted by Crippen LogP contribution is 2.33. The fraction of sp³-hybridized carbons (Fsp3) is 0.571. The highest BCUT2D eigenvalue weighted by Gasteiger charge is 2.24. The molecule has 104 valence electrons. The van der Waals surface area contributed by atoms with E-state index in [1.54, 1.807) is 6.07 Å². The van der Waals surface area contributed by atoms with Gasteiger partial charge in [0.15, 0.2) is 5.75 Å². The minimum Gasteiger partial charge on any atom is -0.490 e. The Morgan fingerprint density at radius 2 is 2.21 bits per heavy atom. The Balaban J connectivity index is 2.34. The van der Waals surface area contributed by atoms with Crippen molar-refractivity contribution in [3.8, 4) is 5.75 Å². The van der Waals surface area contributed by atoms with Gasteiger partial charge in [-0.1, -0.05) is 6.92 Å². The first-order valence-corrected chi connectivity index (χ1v) is 6.65. The largest absolute Gasteiger partial charge is 0.490 e. The van der Waals surface area contributed by atoms with E-state index >= 15 is 0 Å². The van der Waals surface area contributed by atoms with E-state index in [9.17, 15) is 10.1 Å². The number of fused-ring (bicyclic) bond motifs is 1. The summed E-state index contributed by atoms with van der Waals surface area (Å²) in [4.78, 5) is 13.0. The number of hydrogen-bond donors (Lipinski definition) is 0. The average molecular weight is 264 g/mol. The van der Waals surface area contributed by atoms with Crippen LogP contribution >= 0.6 is 0 Å². The topological polar surface area (TPSA) is 55.6 Å². The van der Waals surface area contributed by atoms with Crippen LogP contribution in [0.5, 0.6) is 5.75 Å². The zero-order chi connectivity index (χ0) is 14.0. The molecule has 0 saturated heterocycles. The Kier molecular flexibility index (Phi) is 4.04. The molecule has 0 aromatic heterocycles. The highest BCUT2D eigenvalue weighted by molar-refractivity contribution is 5.52. The molecular formula is C14H20N2O3. The molecular weight excluding hydrogens is 244 g/mol. The van der Waals surface area contributed by atoms with E-state index in [4.69, 9.17) is 4.74 Å². The van der Waals surface area contributed by atoms with E-state index in [0.29, 0.717) is 11.8 Å². The van der Waals surface area contributed by atoms with Crippen molar-refractivity contribution < 1.29 is 9.66 Å². The molecule has 0 saturated carbocycles. The van der Waals surface area contributed by atoms with Crippen LogP contribution in [0.15, 0.2) is 12.1 Å². The van der Waals surface area contributed by atoms with E-state index in [1.807, 2.05) is 6.07 Å². The lowest BCUT2D eigenvalue weighted by atomic mass is 9.97. The molecule has 0 spiro atoms. The first kappa shape index (κ1) is 13.8. The van der Waals surface area contributed by atoms with Gasteiger partial charge in [0, 0.05) is 25.2 Å². The number of hydrogen-bond acceptors (Lipinski definition) is 4. The molecule has 1 aromatic carbocycles. The second-order valence-corrected chi connectivity index (χ2v) is 5.03. The second-order valence-electron chi connectivity index (χ2n) is 5.03. The lowest BCUT2D eigenvalue weighted by molar-refractivity contribution is -0.385. The van der Waals surface area contributed by atoms with E-state index in [-0.39, 0.29) is 10.6 Å². The quantitative estimate of drug-likeness (QED) is 0.620. The van der Waals surface area contributed by atoms with Gasteiger partial charge in [-0.25, -0.2) is 0 Å². The molecule has 0 amide bonds. The van der Waals surface area contributed by atoms with Gasteiger partial charge in [-0.2, -0.15) is 0 Å². The fourth-order valence-electron chi connectivity index (χ4n) is 2.54. The summed E-state index contributed by atoms with van der Waals surface area (Å²) >= 11 is 0. The zero-order valence-electron chi connectivity index (χ0n) is 11.7. The number of rotatable bonds is 4. The minimum absolute atomic E-state index is 0.0623. The maximum atomic E-state index is 11.0. The molecule has 1 aliphatic heterocycles. The van der Waals surface area contributed by atoms with E-state index < -0.39 is 0 Å². The van der Waals surface area contributed by atoms with Crippen LogP contribution < -0.4 is 4.74 Å². The monoisotopic (exact) mass is 264 g/mol. The van der Waals surface area contributed by atoms with Crippen molar-refractivity contribution in [2.24, 2.45) is 0 Å². The van der Waals surface area contributed by atoms with Crippen LogP contribution in [0.1, 0.15) is 31.4 Å². The van der Waals surface area contributed by atoms with Crippen molar-refractivity contribution in [3.05, 3.63) is 33.4 Å². The lowest BCUT2D eigenvalue weighted by Crippen LogP contribution is -2.37. The molecule has 0 fully saturated rings. The van der Waals surface area contributed by atoms with Crippen LogP contribution in [0.2, 0.25) is 0 Å². The standard InChI is InChI=1S/C14H20N2O3/c1-4-10(2)15-6-5-11-8-14(19-3)13(16(17)18)7-12(11)9-15/h7-8,10H,4-6,9H2,1-3H3. The molecule has 1 aliphatic rings. The molecule has 5 nitrogen and oxygen atoms in total. The normalized spacial score (nSPS) is 16.8. The fourth-order valence-corrected chi connectivity index (χ4v) is 2.54. The molecule has 1 unspecified atom stereocenters. The summed E-state index contributed by atoms with van der Waals surface area (Å²) in [5, 5.41) is 11.0. The smallest absolute Gasteiger partial charge is 0.311 e. The molecule has 0 bridgehead atoms. The van der Waals surface area contributed by atoms with Crippen molar-refractivity contribution in [2.75, 3.05) is 13.7 Å². The maximum absolute atomic E-state index is 11.0. The number of benzene rings is 1. The van der Waals surface area contributed by atoms with Gasteiger partial charge in [-0.3, -0.25) is 15.0 Å². The summed E-state index contributed by atoms with van der Waals surface area (Å²) in [6, 6.07) is 4.00. The van der Waals surface area contributed by atoms with Crippen LogP contribution in [0.25, 0.3) is 0 Å². The van der Waals surface area contributed by atoms with Crippen molar-refractivity contribution in [1.29, 1.82) is 0 Å². The summed E-state index contributed by atoms with van der Waals surface area (Å²) in [5.41, 5.74) is 2.29. The Morgan fingerprint density at radius 3 is 2.79 bits per heavy atom. The molecule has 5 heteroatoms. The van der Waals surface area contributed by atoms with Crippen molar-refractivity contribution >= 4 is 5.69 Å². The Morgan fingerprint density at radius 1 is 1.47 bits per heavy atom. The molecule has 2 rings (SSSR count). The molecule has 0 aliphatic carbocycles. The number of nitro groups is 1. The van der Waals surface area contributed by atoms with Crippen molar-refractivity contribution in [3.63, 3.8) is 0 Å². The summed E-state index contributed by atoms with van der Waals surface area (Å²) in [5.74, 6) is 0.362. The van der Waals surface area contributed by atoms with Gasteiger partial charge in [-0.05, 0) is 37.0 Å². The molecule has 0 N–H and O–H groups in total. The van der Waals surface area contributed by atoms with E-state index in [0.717, 1.165) is 31.5 Å². The molecule has 1 heterocycles. The van der Waals surface area contributed by atoms with Crippen LogP contribution in [0.4, 0.5) is 5.69 Å². The zero-order valence-corrected chi connectivity index (χ0v) is 11.7. The first-order valence-electron chi connectivity index (χ1n) is 6.65. The third-order valence-corrected chi connectivity index (χ3v) is 3.95. The van der Waals surface area contributed by atoms with Gasteiger partial charge in [0.25, 0.3) is 0 Å². The Labute approximate surface area is 113 Å². The van der Waals surface area contributed by atoms with Gasteiger partial charge < -0.3 is 4.74 Å². The predicted octanol–water partition coefficient (Wildman–Crippen LogP) is 2.76. The summed E-state index contributed by atoms with van der Waals surface area (Å²) in [7, 11) is 1.48. The summed E-state index contributed by atoms with van der Waals surface area (Å²) in [6.45, 7) is 6.15. The predicted molar refractivity (Wildman–Crippen MR) is 73.5 cm³/mol. The van der Waals surface area contributed by atoms with Gasteiger partial charge in [0.1, 0.15) is 0 Å². The molecule has 0 radical (unpaired) electrons. The third kappa shape index (κ3) is 2.71. The minimum atomic E-state index is -0.374. The summed E-state index contributed by atoms with van der Waals surface area (Å²) < 4.78 is 5.11. The maximum Gasteiger partial charge on any atom is 0.311 e. The van der Waals surface area contributed by atoms with Gasteiger partial charge in [0.05, 0.1) is 12.0 Å². The van der Waals surface area contributed by atoms with Crippen LogP contribution in [-0.2, 0) is 13.0 Å². The van der Waals surface area contributed by atoms with Crippen LogP contribution in [0, 0.1) is 10.1 Å². The second kappa shape index (κ2) is 5.57. The van der Waals surface area contributed by atoms with Gasteiger partial charge in [-0.15, -0.1) is 0 Å². The number of nitro benzene ring substituents is 1. The van der Waals surface area contributed by atoms with Gasteiger partial charge in [0.2, 0.25) is 0 Å². The van der Waals surface area contributed by atoms with Crippen molar-refractivity contribution in [2.45, 2.75) is 39.3 Å². The molecule has 1 atom stereocenters. The number of nitrogens with zero attached hydrogens (tertiary/aromatic N) is 2. The first-order chi connectivity index (χ1) is 9.06. The Bertz CT molecular complexity index is 488. The highest BCUT2D eigenvalue weighted by atomic mass is 16.6. The van der Waals surface area contributed by atoms with E-state index in [2.05, 4.69) is 18.7 Å². The van der Waals surface area contributed by atoms with Crippen LogP contribution in [-0.4, -0.2) is 29.5 Å². The number of ether oxygens (including phenoxy) is 1. The number of methoxy groups -OCH3 is 1. The van der Waals surface area contributed by atoms with Crippen LogP contribution in [0.3, 0.4) is 0 Å². The van der Waals surface area contributed by atoms with Crippen molar-refractivity contribution in [1.82, 2.24) is 4.90 Å². The lowest BCUT2D eigenvalue weighted by Gasteiger charge is -2.33. The Hall–Kier alpha value is -1.62. The summed E-state index contributed by atoms with van der Waals surface area (Å²) in [6.07, 6.45) is 2.02.